The van der Waals surface area contributed by atoms with E-state index in [0.29, 0.717) is 130 Å². The third kappa shape index (κ3) is 24.2. The van der Waals surface area contributed by atoms with Crippen molar-refractivity contribution < 1.29 is 62.2 Å². The first-order chi connectivity index (χ1) is 69.1. The number of pyridine rings is 4. The first-order valence-corrected chi connectivity index (χ1v) is 49.8. The van der Waals surface area contributed by atoms with Crippen molar-refractivity contribution in [3.05, 3.63) is 142 Å². The third-order valence-electron chi connectivity index (χ3n) is 28.3. The fourth-order valence-electron chi connectivity index (χ4n) is 19.6. The van der Waals surface area contributed by atoms with Gasteiger partial charge in [-0.3, -0.25) is 49.3 Å². The minimum Gasteiger partial charge on any atom is -0.496 e. The molecule has 0 radical (unpaired) electrons. The van der Waals surface area contributed by atoms with E-state index < -0.39 is 11.3 Å². The highest BCUT2D eigenvalue weighted by Crippen LogP contribution is 2.46. The molecule has 20 heterocycles. The molecule has 0 spiro atoms. The summed E-state index contributed by atoms with van der Waals surface area (Å²) in [4.78, 5) is 129. The van der Waals surface area contributed by atoms with E-state index in [-0.39, 0.29) is 84.3 Å². The van der Waals surface area contributed by atoms with Crippen LogP contribution in [0.15, 0.2) is 95.4 Å². The number of H-pyrrole nitrogens is 2. The second-order valence-electron chi connectivity index (χ2n) is 38.3. The minimum absolute atomic E-state index is 0.0306. The van der Waals surface area contributed by atoms with Crippen LogP contribution >= 0.6 is 0 Å². The molecule has 12 aliphatic rings. The zero-order chi connectivity index (χ0) is 96.6. The second kappa shape index (κ2) is 45.4. The SMILES string of the molecule is COc1ccnc2n[nH]c(C3CCN(c4cc(C(=O)NCCN5CCCC5)nc(OCC5CC5)n4)CC3)c12.C[C@H](CO)NC(=O)c1cc(N2CCC(c3[nH]nc4ncccc34)CC2)nc(OC[C@H]2CCOC2)n1.N#CC1(COc2nc(C(=O)NCC3CCOC3)nc(N3CCC(C4=NCc5ncccc54)CC3)n2)CC1.NC(=O)c1cc(N2CCC(C3=NCc4ncccc43)CC2)nc(OC[C@H]2CCCO2)n1. The number of piperidine rings is 4. The van der Waals surface area contributed by atoms with Crippen molar-refractivity contribution in [2.24, 2.45) is 50.7 Å². The first-order valence-electron chi connectivity index (χ1n) is 49.8. The topological polar surface area (TPSA) is 514 Å². The van der Waals surface area contributed by atoms with Crippen LogP contribution in [-0.4, -0.2) is 301 Å². The Balaban J connectivity index is 0.000000120. The zero-order valence-electron chi connectivity index (χ0n) is 79.9. The number of methoxy groups -OCH3 is 1. The number of fused-ring (bicyclic) bond motifs is 4. The molecule has 8 saturated heterocycles. The molecule has 42 heteroatoms. The van der Waals surface area contributed by atoms with Crippen molar-refractivity contribution in [1.29, 1.82) is 5.26 Å². The van der Waals surface area contributed by atoms with E-state index in [9.17, 15) is 29.5 Å². The first kappa shape index (κ1) is 96.4. The standard InChI is InChI=1S/C27H36N8O3.C26H30N8O3.C24H31N7O4.C22H26N6O3/c1-37-21-6-9-28-25-23(21)24(32-33-25)19-7-13-35(14-8-19)22-16-20(30-27(31-22)38-17-18-4-5-18)26(36)29-10-15-34-11-2-3-12-34;27-15-26(6-7-26)16-37-25-32-22(23(35)30-12-17-5-11-36-14-17)31-24(33-25)34-9-3-18(4-10-34)21-19-2-1-8-28-20(19)13-29-21;1-15(12-32)26-23(33)19-11-20(28-24(27-19)35-14-16-6-10-34-13-16)31-8-4-17(5-9-31)21-18-3-2-7-25-22(18)30-29-21;23-21(29)17-11-19(27-22(26-17)31-13-15-3-2-10-30-15)28-8-5-14(6-9-28)20-16-4-1-7-24-18(16)12-25-20/h6,9,16,18-19H,2-5,7-8,10-15,17H2,1H3,(H,29,36)(H,28,32,33);1-2,8,17-18H,3-7,9-14,16H2,(H,30,35);2-3,7,11,15-17,32H,4-6,8-10,12-14H2,1H3,(H,26,33)(H,25,29,30);1,4,7,11,14-15H,2-3,5-6,8-10,12-13H2,(H2,23,29)/t;;15-,16+;15-/m..11/s1. The summed E-state index contributed by atoms with van der Waals surface area (Å²) in [6, 6.07) is 21.8. The van der Waals surface area contributed by atoms with Crippen molar-refractivity contribution in [3.8, 4) is 35.9 Å². The number of carbonyl (C=O) groups excluding carboxylic acids is 4. The molecule has 8 N–H and O–H groups in total. The minimum atomic E-state index is -0.593. The summed E-state index contributed by atoms with van der Waals surface area (Å²) < 4.78 is 45.4. The maximum atomic E-state index is 13.0. The quantitative estimate of drug-likeness (QED) is 0.0209. The fraction of sp³-hybridized carbons (Fsp3) is 0.556. The second-order valence-corrected chi connectivity index (χ2v) is 38.3. The van der Waals surface area contributed by atoms with Crippen molar-refractivity contribution in [1.82, 2.24) is 106 Å². The summed E-state index contributed by atoms with van der Waals surface area (Å²) in [6.45, 7) is 18.4. The number of aliphatic hydroxyl groups excluding tert-OH is 1. The Labute approximate surface area is 816 Å². The molecule has 4 atom stereocenters. The van der Waals surface area contributed by atoms with Crippen molar-refractivity contribution in [2.75, 3.05) is 178 Å². The lowest BCUT2D eigenvalue weighted by Crippen LogP contribution is -2.38. The van der Waals surface area contributed by atoms with E-state index >= 15 is 0 Å². The van der Waals surface area contributed by atoms with E-state index in [4.69, 9.17) is 58.6 Å². The molecule has 4 amide bonds. The molecule has 10 aromatic heterocycles. The van der Waals surface area contributed by atoms with Gasteiger partial charge in [0.2, 0.25) is 11.8 Å². The van der Waals surface area contributed by atoms with Crippen LogP contribution in [0.3, 0.4) is 0 Å². The molecule has 42 nitrogen and oxygen atoms in total. The monoisotopic (exact) mass is 1930 g/mol. The van der Waals surface area contributed by atoms with Crippen LogP contribution in [0.4, 0.5) is 23.4 Å². The third-order valence-corrected chi connectivity index (χ3v) is 28.3. The number of aliphatic hydroxyl groups is 1. The number of nitrogens with two attached hydrogens (primary N) is 1. The lowest BCUT2D eigenvalue weighted by Gasteiger charge is -2.33. The molecular formula is C99H123N29O13. The highest BCUT2D eigenvalue weighted by Gasteiger charge is 2.45. The summed E-state index contributed by atoms with van der Waals surface area (Å²) in [5, 5.41) is 44.6. The van der Waals surface area contributed by atoms with E-state index in [2.05, 4.69) is 145 Å². The lowest BCUT2D eigenvalue weighted by atomic mass is 9.88. The average molecular weight is 1930 g/mol. The number of hydrogen-bond acceptors (Lipinski definition) is 36. The van der Waals surface area contributed by atoms with Gasteiger partial charge in [0, 0.05) is 210 Å². The molecule has 22 rings (SSSR count). The van der Waals surface area contributed by atoms with Crippen molar-refractivity contribution >= 4 is 80.5 Å². The molecule has 2 saturated carbocycles. The number of carbonyl (C=O) groups is 4. The van der Waals surface area contributed by atoms with Crippen LogP contribution in [0.1, 0.15) is 210 Å². The molecule has 0 bridgehead atoms. The summed E-state index contributed by atoms with van der Waals surface area (Å²) in [7, 11) is 1.67. The average Bonchev–Trinajstić information content (AvgIpc) is 1.69. The Morgan fingerprint density at radius 3 is 1.67 bits per heavy atom. The number of hydrogen-bond donors (Lipinski definition) is 7. The highest BCUT2D eigenvalue weighted by molar-refractivity contribution is 6.06. The van der Waals surface area contributed by atoms with Crippen molar-refractivity contribution in [2.45, 2.75) is 160 Å². The summed E-state index contributed by atoms with van der Waals surface area (Å²) in [5.41, 5.74) is 16.2. The molecule has 1 unspecified atom stereocenters. The number of nitrogens with one attached hydrogen (secondary N) is 5. The normalized spacial score (nSPS) is 20.4. The zero-order valence-corrected chi connectivity index (χ0v) is 79.9. The molecule has 10 fully saturated rings. The van der Waals surface area contributed by atoms with Gasteiger partial charge in [0.1, 0.15) is 53.5 Å². The highest BCUT2D eigenvalue weighted by atomic mass is 16.5. The number of rotatable bonds is 32. The Morgan fingerprint density at radius 2 is 1.09 bits per heavy atom. The van der Waals surface area contributed by atoms with Crippen molar-refractivity contribution in [3.63, 3.8) is 0 Å². The number of aliphatic imine (C=N–C) groups is 2. The van der Waals surface area contributed by atoms with Crippen LogP contribution < -0.4 is 65.0 Å². The van der Waals surface area contributed by atoms with Crippen LogP contribution in [0.25, 0.3) is 22.1 Å². The van der Waals surface area contributed by atoms with Crippen LogP contribution in [-0.2, 0) is 27.3 Å². The number of likely N-dealkylation sites (tertiary alicyclic amines) is 1. The van der Waals surface area contributed by atoms with E-state index in [1.165, 1.54) is 37.0 Å². The van der Waals surface area contributed by atoms with Gasteiger partial charge in [0.05, 0.1) is 93.3 Å². The number of primary amides is 1. The van der Waals surface area contributed by atoms with Gasteiger partial charge in [0.25, 0.3) is 23.6 Å². The number of anilines is 4. The van der Waals surface area contributed by atoms with Crippen LogP contribution in [0.2, 0.25) is 0 Å². The summed E-state index contributed by atoms with van der Waals surface area (Å²) in [6.07, 6.45) is 24.8. The predicted molar refractivity (Wildman–Crippen MR) is 519 cm³/mol. The Bertz CT molecular complexity index is 6110. The Kier molecular flexibility index (Phi) is 31.0. The Hall–Kier alpha value is -13.5. The predicted octanol–water partition coefficient (Wildman–Crippen LogP) is 8.10. The van der Waals surface area contributed by atoms with Crippen LogP contribution in [0, 0.1) is 46.3 Å². The Morgan fingerprint density at radius 1 is 0.546 bits per heavy atom. The largest absolute Gasteiger partial charge is 0.496 e. The number of aromatic amines is 2. The maximum absolute atomic E-state index is 13.0. The maximum Gasteiger partial charge on any atom is 0.322 e. The number of ether oxygens (including phenoxy) is 8. The van der Waals surface area contributed by atoms with Gasteiger partial charge in [-0.05, 0) is 184 Å². The fourth-order valence-corrected chi connectivity index (χ4v) is 19.6. The van der Waals surface area contributed by atoms with Gasteiger partial charge in [0.15, 0.2) is 11.3 Å². The van der Waals surface area contributed by atoms with Gasteiger partial charge in [-0.15, -0.1) is 0 Å². The van der Waals surface area contributed by atoms with Gasteiger partial charge < -0.3 is 89.2 Å². The van der Waals surface area contributed by atoms with Gasteiger partial charge in [-0.25, -0.2) is 9.97 Å². The van der Waals surface area contributed by atoms with Gasteiger partial charge >= 0.3 is 24.0 Å². The number of amides is 4. The van der Waals surface area contributed by atoms with Gasteiger partial charge in [-0.1, -0.05) is 0 Å². The molecule has 0 aromatic carbocycles. The number of nitriles is 1. The van der Waals surface area contributed by atoms with E-state index in [1.54, 1.807) is 44.6 Å². The van der Waals surface area contributed by atoms with E-state index in [0.717, 1.165) is 244 Å². The molecule has 10 aliphatic heterocycles. The van der Waals surface area contributed by atoms with Gasteiger partial charge in [-0.2, -0.15) is 60.3 Å². The molecule has 742 valence electrons. The summed E-state index contributed by atoms with van der Waals surface area (Å²) in [5.74, 6) is 4.37. The number of aromatic nitrogens is 17. The lowest BCUT2D eigenvalue weighted by molar-refractivity contribution is 0.0644. The van der Waals surface area contributed by atoms with Crippen LogP contribution in [0.5, 0.6) is 29.8 Å². The summed E-state index contributed by atoms with van der Waals surface area (Å²) >= 11 is 0. The smallest absolute Gasteiger partial charge is 0.322 e. The molecular weight excluding hydrogens is 1800 g/mol. The number of nitrogens with zero attached hydrogens (tertiary/aromatic N) is 23. The molecule has 2 aliphatic carbocycles. The molecule has 10 aromatic rings. The van der Waals surface area contributed by atoms with E-state index in [1.807, 2.05) is 36.7 Å². The molecule has 141 heavy (non-hydrogen) atoms.